The smallest absolute Gasteiger partial charge is 0.0225 e. The Morgan fingerprint density at radius 3 is 2.50 bits per heavy atom. The average Bonchev–Trinajstić information content (AvgIpc) is 1.77. The summed E-state index contributed by atoms with van der Waals surface area (Å²) in [6, 6.07) is 0. The fourth-order valence-electron chi connectivity index (χ4n) is 2.18. The van der Waals surface area contributed by atoms with Crippen LogP contribution in [0.25, 0.3) is 0 Å². The normalized spacial score (nSPS) is 29.2. The largest absolute Gasteiger partial charge is 0.294 e. The minimum Gasteiger partial charge on any atom is -0.294 e. The molecule has 1 spiro atoms. The van der Waals surface area contributed by atoms with Gasteiger partial charge >= 0.3 is 0 Å². The first-order valence-corrected chi connectivity index (χ1v) is 4.23. The van der Waals surface area contributed by atoms with Crippen molar-refractivity contribution < 1.29 is 0 Å². The number of nitrogens with zero attached hydrogens (tertiary/aromatic N) is 1. The van der Waals surface area contributed by atoms with E-state index in [2.05, 4.69) is 11.5 Å². The quantitative estimate of drug-likeness (QED) is 0.524. The monoisotopic (exact) mass is 137 g/mol. The van der Waals surface area contributed by atoms with Gasteiger partial charge in [-0.1, -0.05) is 6.08 Å². The highest BCUT2D eigenvalue weighted by atomic mass is 15.3. The third-order valence-corrected chi connectivity index (χ3v) is 3.15. The van der Waals surface area contributed by atoms with E-state index in [-0.39, 0.29) is 0 Å². The first-order valence-electron chi connectivity index (χ1n) is 4.23. The van der Waals surface area contributed by atoms with Gasteiger partial charge in [-0.15, -0.1) is 6.58 Å². The van der Waals surface area contributed by atoms with Crippen LogP contribution >= 0.6 is 0 Å². The second kappa shape index (κ2) is 2.09. The van der Waals surface area contributed by atoms with Crippen LogP contribution in [-0.4, -0.2) is 23.5 Å². The van der Waals surface area contributed by atoms with E-state index in [9.17, 15) is 0 Å². The minimum absolute atomic E-state index is 0.675. The van der Waals surface area contributed by atoms with E-state index in [1.807, 2.05) is 6.08 Å². The zero-order valence-corrected chi connectivity index (χ0v) is 6.47. The van der Waals surface area contributed by atoms with Crippen molar-refractivity contribution in [1.29, 1.82) is 0 Å². The number of hydrogen-bond donors (Lipinski definition) is 0. The fourth-order valence-corrected chi connectivity index (χ4v) is 2.18. The van der Waals surface area contributed by atoms with Crippen molar-refractivity contribution >= 4 is 0 Å². The lowest BCUT2D eigenvalue weighted by atomic mass is 9.68. The molecule has 1 aliphatic heterocycles. The lowest BCUT2D eigenvalue weighted by Gasteiger charge is -2.58. The molecular weight excluding hydrogens is 122 g/mol. The van der Waals surface area contributed by atoms with Crippen LogP contribution in [0.4, 0.5) is 0 Å². The molecular formula is C9H15N. The Morgan fingerprint density at radius 2 is 2.20 bits per heavy atom. The molecule has 0 aromatic heterocycles. The van der Waals surface area contributed by atoms with Crippen molar-refractivity contribution in [3.63, 3.8) is 0 Å². The Labute approximate surface area is 62.7 Å². The molecule has 0 bridgehead atoms. The summed E-state index contributed by atoms with van der Waals surface area (Å²) in [5.41, 5.74) is 0.675. The summed E-state index contributed by atoms with van der Waals surface area (Å²) in [4.78, 5) is 2.57. The molecule has 2 aliphatic rings. The molecule has 1 nitrogen and oxygen atoms in total. The second-order valence-electron chi connectivity index (χ2n) is 3.56. The van der Waals surface area contributed by atoms with Gasteiger partial charge < -0.3 is 0 Å². The molecule has 0 radical (unpaired) electrons. The molecule has 0 amide bonds. The summed E-state index contributed by atoms with van der Waals surface area (Å²) in [5.74, 6) is 0. The molecule has 1 saturated carbocycles. The van der Waals surface area contributed by atoms with Crippen molar-refractivity contribution in [3.05, 3.63) is 12.7 Å². The van der Waals surface area contributed by atoms with E-state index in [0.717, 1.165) is 6.54 Å². The van der Waals surface area contributed by atoms with Gasteiger partial charge in [0, 0.05) is 18.6 Å². The molecule has 56 valence electrons. The van der Waals surface area contributed by atoms with Crippen LogP contribution in [0, 0.1) is 0 Å². The van der Waals surface area contributed by atoms with E-state index in [0.29, 0.717) is 5.54 Å². The van der Waals surface area contributed by atoms with Gasteiger partial charge in [0.15, 0.2) is 0 Å². The van der Waals surface area contributed by atoms with Crippen LogP contribution in [0.15, 0.2) is 12.7 Å². The van der Waals surface area contributed by atoms with Crippen molar-refractivity contribution in [2.75, 3.05) is 13.1 Å². The van der Waals surface area contributed by atoms with Crippen molar-refractivity contribution in [1.82, 2.24) is 4.90 Å². The number of hydrogen-bond acceptors (Lipinski definition) is 1. The third-order valence-electron chi connectivity index (χ3n) is 3.15. The summed E-state index contributed by atoms with van der Waals surface area (Å²) in [7, 11) is 0. The molecule has 1 heterocycles. The maximum Gasteiger partial charge on any atom is 0.0225 e. The molecule has 1 aliphatic carbocycles. The van der Waals surface area contributed by atoms with Gasteiger partial charge in [0.05, 0.1) is 0 Å². The van der Waals surface area contributed by atoms with E-state index in [1.165, 1.54) is 32.2 Å². The summed E-state index contributed by atoms with van der Waals surface area (Å²) < 4.78 is 0. The zero-order chi connectivity index (χ0) is 7.03. The standard InChI is InChI=1S/C9H15N/c1-2-7-10-8-6-9(10)4-3-5-9/h2H,1,3-8H2. The Hall–Kier alpha value is -0.300. The summed E-state index contributed by atoms with van der Waals surface area (Å²) in [6.45, 7) is 6.19. The highest BCUT2D eigenvalue weighted by Crippen LogP contribution is 2.46. The molecule has 2 rings (SSSR count). The summed E-state index contributed by atoms with van der Waals surface area (Å²) in [6.07, 6.45) is 7.81. The first kappa shape index (κ1) is 6.41. The Bertz CT molecular complexity index is 141. The van der Waals surface area contributed by atoms with Crippen LogP contribution < -0.4 is 0 Å². The predicted octanol–water partition coefficient (Wildman–Crippen LogP) is 1.80. The highest BCUT2D eigenvalue weighted by Gasteiger charge is 2.47. The van der Waals surface area contributed by atoms with Crippen molar-refractivity contribution in [3.8, 4) is 0 Å². The van der Waals surface area contributed by atoms with Crippen LogP contribution in [0.2, 0.25) is 0 Å². The topological polar surface area (TPSA) is 3.24 Å². The third kappa shape index (κ3) is 0.671. The van der Waals surface area contributed by atoms with E-state index in [1.54, 1.807) is 0 Å². The van der Waals surface area contributed by atoms with Gasteiger partial charge in [-0.3, -0.25) is 4.90 Å². The van der Waals surface area contributed by atoms with Gasteiger partial charge in [0.2, 0.25) is 0 Å². The summed E-state index contributed by atoms with van der Waals surface area (Å²) >= 11 is 0. The average molecular weight is 137 g/mol. The summed E-state index contributed by atoms with van der Waals surface area (Å²) in [5, 5.41) is 0. The van der Waals surface area contributed by atoms with Crippen LogP contribution in [-0.2, 0) is 0 Å². The lowest BCUT2D eigenvalue weighted by molar-refractivity contribution is -0.0639. The molecule has 0 aromatic carbocycles. The first-order chi connectivity index (χ1) is 4.87. The molecule has 0 N–H and O–H groups in total. The SMILES string of the molecule is C=CCN1CCC12CCC2. The van der Waals surface area contributed by atoms with Crippen molar-refractivity contribution in [2.45, 2.75) is 31.2 Å². The van der Waals surface area contributed by atoms with Gasteiger partial charge in [-0.2, -0.15) is 0 Å². The van der Waals surface area contributed by atoms with Gasteiger partial charge in [-0.05, 0) is 25.7 Å². The van der Waals surface area contributed by atoms with Crippen LogP contribution in [0.3, 0.4) is 0 Å². The molecule has 2 fully saturated rings. The second-order valence-corrected chi connectivity index (χ2v) is 3.56. The van der Waals surface area contributed by atoms with E-state index < -0.39 is 0 Å². The maximum absolute atomic E-state index is 3.76. The molecule has 1 saturated heterocycles. The molecule has 0 unspecified atom stereocenters. The number of rotatable bonds is 2. The lowest BCUT2D eigenvalue weighted by Crippen LogP contribution is -2.63. The Morgan fingerprint density at radius 1 is 1.40 bits per heavy atom. The highest BCUT2D eigenvalue weighted by molar-refractivity contribution is 5.06. The number of likely N-dealkylation sites (tertiary alicyclic amines) is 1. The Kier molecular flexibility index (Phi) is 1.34. The molecule has 0 aromatic rings. The fraction of sp³-hybridized carbons (Fsp3) is 0.778. The van der Waals surface area contributed by atoms with Crippen LogP contribution in [0.5, 0.6) is 0 Å². The minimum atomic E-state index is 0.675. The van der Waals surface area contributed by atoms with E-state index in [4.69, 9.17) is 0 Å². The molecule has 10 heavy (non-hydrogen) atoms. The zero-order valence-electron chi connectivity index (χ0n) is 6.47. The van der Waals surface area contributed by atoms with Gasteiger partial charge in [0.25, 0.3) is 0 Å². The maximum atomic E-state index is 3.76. The Balaban J connectivity index is 1.92. The van der Waals surface area contributed by atoms with Crippen molar-refractivity contribution in [2.24, 2.45) is 0 Å². The molecule has 0 atom stereocenters. The predicted molar refractivity (Wildman–Crippen MR) is 43.0 cm³/mol. The van der Waals surface area contributed by atoms with E-state index >= 15 is 0 Å². The van der Waals surface area contributed by atoms with Gasteiger partial charge in [-0.25, -0.2) is 0 Å². The molecule has 1 heteroatoms. The van der Waals surface area contributed by atoms with Gasteiger partial charge in [0.1, 0.15) is 0 Å². The van der Waals surface area contributed by atoms with Crippen LogP contribution in [0.1, 0.15) is 25.7 Å².